The average Bonchev–Trinajstić information content (AvgIpc) is 3.55. The molecule has 2 heterocycles. The van der Waals surface area contributed by atoms with E-state index in [2.05, 4.69) is 15.5 Å². The number of nitrogen functional groups attached to an aromatic ring is 1. The number of aromatic nitrogens is 1. The number of nitrogens with one attached hydrogen (secondary N) is 1. The summed E-state index contributed by atoms with van der Waals surface area (Å²) in [4.78, 5) is 98.2. The number of nitro benzene ring substituents is 2. The van der Waals surface area contributed by atoms with Crippen LogP contribution in [0.5, 0.6) is 0 Å². The molecule has 3 aromatic rings. The number of oxime groups is 1. The predicted molar refractivity (Wildman–Crippen MR) is 178 cm³/mol. The fourth-order valence-corrected chi connectivity index (χ4v) is 4.80. The lowest BCUT2D eigenvalue weighted by molar-refractivity contribution is -0.385. The Labute approximate surface area is 301 Å². The summed E-state index contributed by atoms with van der Waals surface area (Å²) >= 11 is 0.942. The molecule has 280 valence electrons. The minimum Gasteiger partial charge on any atom is -0.459 e. The molecule has 0 radical (unpaired) electrons. The number of non-ortho nitro benzene ring substituents is 2. The van der Waals surface area contributed by atoms with Gasteiger partial charge in [-0.25, -0.2) is 24.4 Å². The van der Waals surface area contributed by atoms with Crippen LogP contribution in [0.15, 0.2) is 59.1 Å². The van der Waals surface area contributed by atoms with Crippen molar-refractivity contribution in [1.29, 1.82) is 0 Å². The number of thiazole rings is 1. The zero-order valence-corrected chi connectivity index (χ0v) is 28.5. The van der Waals surface area contributed by atoms with E-state index in [0.29, 0.717) is 16.2 Å². The van der Waals surface area contributed by atoms with Gasteiger partial charge >= 0.3 is 18.0 Å². The lowest BCUT2D eigenvalue weighted by Gasteiger charge is -2.44. The highest BCUT2D eigenvalue weighted by Gasteiger charge is 2.51. The van der Waals surface area contributed by atoms with Crippen LogP contribution in [-0.4, -0.2) is 86.4 Å². The largest absolute Gasteiger partial charge is 0.459 e. The zero-order chi connectivity index (χ0) is 38.9. The van der Waals surface area contributed by atoms with E-state index in [9.17, 15) is 44.2 Å². The number of benzene rings is 2. The number of hydroxylamine groups is 2. The van der Waals surface area contributed by atoms with Crippen LogP contribution < -0.4 is 16.8 Å². The van der Waals surface area contributed by atoms with Crippen molar-refractivity contribution in [2.75, 3.05) is 18.9 Å². The highest BCUT2D eigenvalue weighted by Crippen LogP contribution is 2.23. The van der Waals surface area contributed by atoms with Crippen LogP contribution in [0.25, 0.3) is 0 Å². The van der Waals surface area contributed by atoms with Gasteiger partial charge in [0.05, 0.1) is 9.85 Å². The minimum absolute atomic E-state index is 0.0368. The number of β-lactam (4-membered cyclic amide) rings is 1. The first-order valence-corrected chi connectivity index (χ1v) is 15.9. The summed E-state index contributed by atoms with van der Waals surface area (Å²) < 4.78 is 15.1. The molecule has 3 amide bonds. The van der Waals surface area contributed by atoms with Gasteiger partial charge in [0.15, 0.2) is 17.5 Å². The number of amides is 3. The van der Waals surface area contributed by atoms with E-state index < -0.39 is 76.3 Å². The molecule has 1 aromatic heterocycles. The van der Waals surface area contributed by atoms with Crippen molar-refractivity contribution in [1.82, 2.24) is 15.4 Å². The Morgan fingerprint density at radius 3 is 2.04 bits per heavy atom. The molecular formula is C30H30N8O14S. The molecule has 2 atom stereocenters. The Balaban J connectivity index is 1.40. The fraction of sp³-hybridized carbons (Fsp3) is 0.300. The number of nitrogens with zero attached hydrogens (tertiary/aromatic N) is 5. The van der Waals surface area contributed by atoms with E-state index in [4.69, 9.17) is 35.4 Å². The van der Waals surface area contributed by atoms with Gasteiger partial charge in [0.1, 0.15) is 37.6 Å². The van der Waals surface area contributed by atoms with Gasteiger partial charge in [-0.15, -0.1) is 11.3 Å². The standard InChI is InChI=1S/C30H30N8O14S/c1-30(2,27(42)49-12-17-5-9-19(10-6-17)38(46)47)52-35-23(20-15-53-28(31)33-20)25(40)34-24-21(13-50-29(32)43)36(26(24)41)51-14-22(39)48-11-16-3-7-18(8-4-16)37(44)45/h3-10,15,21,24H,11-14H2,1-2H3,(H2,31,33)(H2,32,43)(H,34,40)/t21-,24-/m0/s1. The Hall–Kier alpha value is -6.75. The summed E-state index contributed by atoms with van der Waals surface area (Å²) in [7, 11) is 0. The van der Waals surface area contributed by atoms with Gasteiger partial charge in [-0.3, -0.25) is 34.7 Å². The fourth-order valence-electron chi connectivity index (χ4n) is 4.25. The maximum atomic E-state index is 13.5. The molecule has 1 saturated heterocycles. The van der Waals surface area contributed by atoms with Gasteiger partial charge in [-0.05, 0) is 49.2 Å². The van der Waals surface area contributed by atoms with Gasteiger partial charge in [-0.2, -0.15) is 0 Å². The number of carbonyl (C=O) groups is 5. The smallest absolute Gasteiger partial charge is 0.404 e. The van der Waals surface area contributed by atoms with Crippen LogP contribution in [0, 0.1) is 20.2 Å². The summed E-state index contributed by atoms with van der Waals surface area (Å²) in [6.07, 6.45) is -1.21. The van der Waals surface area contributed by atoms with Crippen molar-refractivity contribution in [3.63, 3.8) is 0 Å². The van der Waals surface area contributed by atoms with Gasteiger partial charge in [-0.1, -0.05) is 5.16 Å². The number of anilines is 1. The number of carbonyl (C=O) groups excluding carboxylic acids is 5. The molecule has 23 heteroatoms. The molecule has 0 spiro atoms. The third kappa shape index (κ3) is 10.4. The molecule has 0 unspecified atom stereocenters. The molecule has 0 bridgehead atoms. The summed E-state index contributed by atoms with van der Waals surface area (Å²) in [5.41, 5.74) is 8.96. The molecular weight excluding hydrogens is 728 g/mol. The number of hydrogen-bond acceptors (Lipinski definition) is 18. The monoisotopic (exact) mass is 758 g/mol. The van der Waals surface area contributed by atoms with Crippen LogP contribution in [0.3, 0.4) is 0 Å². The lowest BCUT2D eigenvalue weighted by Crippen LogP contribution is -2.72. The molecule has 22 nitrogen and oxygen atoms in total. The van der Waals surface area contributed by atoms with Gasteiger partial charge < -0.3 is 35.8 Å². The van der Waals surface area contributed by atoms with Crippen LogP contribution in [0.1, 0.15) is 30.7 Å². The first-order chi connectivity index (χ1) is 25.0. The Morgan fingerprint density at radius 2 is 1.53 bits per heavy atom. The van der Waals surface area contributed by atoms with E-state index in [-0.39, 0.29) is 35.4 Å². The van der Waals surface area contributed by atoms with Crippen LogP contribution in [0.2, 0.25) is 0 Å². The highest BCUT2D eigenvalue weighted by molar-refractivity contribution is 7.13. The number of ether oxygens (including phenoxy) is 3. The van der Waals surface area contributed by atoms with Crippen molar-refractivity contribution in [3.8, 4) is 0 Å². The molecule has 1 aliphatic rings. The van der Waals surface area contributed by atoms with E-state index in [1.165, 1.54) is 67.8 Å². The second-order valence-electron chi connectivity index (χ2n) is 11.3. The highest BCUT2D eigenvalue weighted by atomic mass is 32.1. The van der Waals surface area contributed by atoms with Crippen molar-refractivity contribution >= 4 is 63.4 Å². The number of nitrogens with two attached hydrogens (primary N) is 2. The summed E-state index contributed by atoms with van der Waals surface area (Å²) in [6.45, 7) is 0.681. The van der Waals surface area contributed by atoms with Crippen LogP contribution >= 0.6 is 11.3 Å². The number of nitro groups is 2. The zero-order valence-electron chi connectivity index (χ0n) is 27.7. The topological polar surface area (TPSA) is 310 Å². The Bertz CT molecular complexity index is 1920. The van der Waals surface area contributed by atoms with Gasteiger partial charge in [0, 0.05) is 29.6 Å². The first-order valence-electron chi connectivity index (χ1n) is 15.0. The van der Waals surface area contributed by atoms with Crippen molar-refractivity contribution in [3.05, 3.63) is 91.0 Å². The molecule has 1 aliphatic heterocycles. The van der Waals surface area contributed by atoms with Crippen molar-refractivity contribution in [2.24, 2.45) is 10.9 Å². The van der Waals surface area contributed by atoms with Crippen molar-refractivity contribution in [2.45, 2.75) is 44.7 Å². The maximum absolute atomic E-state index is 13.5. The average molecular weight is 759 g/mol. The minimum atomic E-state index is -1.80. The number of rotatable bonds is 17. The lowest BCUT2D eigenvalue weighted by atomic mass is 9.98. The Kier molecular flexibility index (Phi) is 12.5. The quantitative estimate of drug-likeness (QED) is 0.0435. The second-order valence-corrected chi connectivity index (χ2v) is 12.2. The number of esters is 2. The number of primary amides is 1. The second kappa shape index (κ2) is 17.0. The van der Waals surface area contributed by atoms with Gasteiger partial charge in [0.25, 0.3) is 23.2 Å². The third-order valence-corrected chi connectivity index (χ3v) is 7.75. The number of hydrogen-bond donors (Lipinski definition) is 3. The van der Waals surface area contributed by atoms with Crippen LogP contribution in [-0.2, 0) is 56.3 Å². The first kappa shape index (κ1) is 39.0. The summed E-state index contributed by atoms with van der Waals surface area (Å²) in [5.74, 6) is -3.78. The molecule has 4 rings (SSSR count). The predicted octanol–water partition coefficient (Wildman–Crippen LogP) is 1.25. The SMILES string of the molecule is CC(C)(ON=C(C(=O)N[C@@H]1C(=O)N(OCC(=O)OCc2ccc([N+](=O)[O-])cc2)[C@H]1COC(N)=O)c1csc(N)n1)C(=O)OCc1ccc([N+](=O)[O-])cc1. The maximum Gasteiger partial charge on any atom is 0.404 e. The third-order valence-electron chi connectivity index (χ3n) is 7.07. The van der Waals surface area contributed by atoms with E-state index in [0.717, 1.165) is 11.3 Å². The summed E-state index contributed by atoms with van der Waals surface area (Å²) in [5, 5.41) is 30.0. The van der Waals surface area contributed by atoms with E-state index in [1.807, 2.05) is 0 Å². The summed E-state index contributed by atoms with van der Waals surface area (Å²) in [6, 6.07) is 7.88. The molecule has 5 N–H and O–H groups in total. The van der Waals surface area contributed by atoms with Crippen LogP contribution in [0.4, 0.5) is 21.3 Å². The van der Waals surface area contributed by atoms with E-state index in [1.54, 1.807) is 0 Å². The normalized spacial score (nSPS) is 15.5. The Morgan fingerprint density at radius 1 is 0.962 bits per heavy atom. The van der Waals surface area contributed by atoms with Gasteiger partial charge in [0.2, 0.25) is 5.60 Å². The molecule has 2 aromatic carbocycles. The molecule has 1 fully saturated rings. The molecule has 0 saturated carbocycles. The van der Waals surface area contributed by atoms with E-state index >= 15 is 0 Å². The van der Waals surface area contributed by atoms with Crippen molar-refractivity contribution < 1.29 is 57.7 Å². The molecule has 53 heavy (non-hydrogen) atoms. The molecule has 0 aliphatic carbocycles.